The molecule has 0 aliphatic rings. The van der Waals surface area contributed by atoms with Crippen molar-refractivity contribution in [2.24, 2.45) is 11.7 Å². The fourth-order valence-electron chi connectivity index (χ4n) is 3.49. The summed E-state index contributed by atoms with van der Waals surface area (Å²) in [6.45, 7) is 6.78. The molecule has 168 valence electrons. The van der Waals surface area contributed by atoms with Gasteiger partial charge in [-0.2, -0.15) is 0 Å². The summed E-state index contributed by atoms with van der Waals surface area (Å²) in [7, 11) is 3.32. The van der Waals surface area contributed by atoms with Gasteiger partial charge in [-0.15, -0.1) is 0 Å². The first-order valence-corrected chi connectivity index (χ1v) is 10.8. The molecule has 0 heterocycles. The standard InChI is InChI=1S/C21H44N2O5/c1-5-7-8-9-10-11-12-19(13-14-23-20(22)24)21(6-2,27-17-15-25-3)28-18-16-26-4/h19H,5-18H2,1-4H3,(H3,22,23,24). The van der Waals surface area contributed by atoms with Crippen LogP contribution in [-0.2, 0) is 18.9 Å². The second-order valence-electron chi connectivity index (χ2n) is 7.18. The Bertz CT molecular complexity index is 359. The Morgan fingerprint density at radius 3 is 1.96 bits per heavy atom. The number of unbranched alkanes of at least 4 members (excludes halogenated alkanes) is 5. The van der Waals surface area contributed by atoms with E-state index in [1.54, 1.807) is 14.2 Å². The molecule has 7 nitrogen and oxygen atoms in total. The van der Waals surface area contributed by atoms with E-state index in [-0.39, 0.29) is 5.92 Å². The molecule has 1 atom stereocenters. The molecule has 0 aromatic heterocycles. The summed E-state index contributed by atoms with van der Waals surface area (Å²) in [6.07, 6.45) is 9.88. The Balaban J connectivity index is 5.01. The molecule has 0 aliphatic heterocycles. The summed E-state index contributed by atoms with van der Waals surface area (Å²) in [5.41, 5.74) is 5.24. The number of ether oxygens (including phenoxy) is 4. The number of primary amides is 1. The highest BCUT2D eigenvalue weighted by Gasteiger charge is 2.39. The molecule has 0 aromatic carbocycles. The minimum absolute atomic E-state index is 0.157. The molecular formula is C21H44N2O5. The Hall–Kier alpha value is -0.890. The summed E-state index contributed by atoms with van der Waals surface area (Å²) in [6, 6.07) is -0.499. The van der Waals surface area contributed by atoms with E-state index in [9.17, 15) is 4.79 Å². The van der Waals surface area contributed by atoms with Crippen LogP contribution in [0, 0.1) is 5.92 Å². The van der Waals surface area contributed by atoms with Crippen molar-refractivity contribution in [1.29, 1.82) is 0 Å². The molecule has 1 unspecified atom stereocenters. The van der Waals surface area contributed by atoms with Crippen LogP contribution in [0.2, 0.25) is 0 Å². The van der Waals surface area contributed by atoms with Crippen LogP contribution in [0.15, 0.2) is 0 Å². The van der Waals surface area contributed by atoms with Crippen molar-refractivity contribution in [2.45, 2.75) is 77.4 Å². The van der Waals surface area contributed by atoms with Crippen molar-refractivity contribution >= 4 is 6.03 Å². The second kappa shape index (κ2) is 18.2. The molecule has 0 rings (SSSR count). The highest BCUT2D eigenvalue weighted by molar-refractivity contribution is 5.71. The molecule has 0 aliphatic carbocycles. The maximum absolute atomic E-state index is 11.1. The number of carbonyl (C=O) groups excluding carboxylic acids is 1. The summed E-state index contributed by atoms with van der Waals surface area (Å²) in [4.78, 5) is 11.1. The zero-order valence-electron chi connectivity index (χ0n) is 18.6. The number of hydrogen-bond acceptors (Lipinski definition) is 5. The zero-order chi connectivity index (χ0) is 21.1. The lowest BCUT2D eigenvalue weighted by molar-refractivity contribution is -0.277. The minimum Gasteiger partial charge on any atom is -0.382 e. The van der Waals surface area contributed by atoms with Crippen LogP contribution in [0.5, 0.6) is 0 Å². The Labute approximate surface area is 172 Å². The van der Waals surface area contributed by atoms with Crippen LogP contribution < -0.4 is 11.1 Å². The first-order chi connectivity index (χ1) is 13.6. The van der Waals surface area contributed by atoms with Crippen LogP contribution in [0.25, 0.3) is 0 Å². The van der Waals surface area contributed by atoms with Crippen LogP contribution >= 0.6 is 0 Å². The molecule has 0 radical (unpaired) electrons. The minimum atomic E-state index is -0.709. The SMILES string of the molecule is CCCCCCCCC(CCNC(N)=O)C(CC)(OCCOC)OCCOC. The molecule has 0 aromatic rings. The maximum atomic E-state index is 11.1. The third-order valence-electron chi connectivity index (χ3n) is 5.08. The van der Waals surface area contributed by atoms with Crippen LogP contribution in [0.3, 0.4) is 0 Å². The fourth-order valence-corrected chi connectivity index (χ4v) is 3.49. The van der Waals surface area contributed by atoms with Crippen molar-refractivity contribution in [3.05, 3.63) is 0 Å². The summed E-state index contributed by atoms with van der Waals surface area (Å²) >= 11 is 0. The average molecular weight is 405 g/mol. The lowest BCUT2D eigenvalue weighted by Gasteiger charge is -2.40. The second-order valence-corrected chi connectivity index (χ2v) is 7.18. The van der Waals surface area contributed by atoms with Gasteiger partial charge in [0.15, 0.2) is 5.79 Å². The number of rotatable bonds is 20. The van der Waals surface area contributed by atoms with E-state index < -0.39 is 11.8 Å². The first-order valence-electron chi connectivity index (χ1n) is 10.8. The van der Waals surface area contributed by atoms with E-state index >= 15 is 0 Å². The lowest BCUT2D eigenvalue weighted by Crippen LogP contribution is -2.46. The summed E-state index contributed by atoms with van der Waals surface area (Å²) in [5.74, 6) is -0.552. The number of hydrogen-bond donors (Lipinski definition) is 2. The highest BCUT2D eigenvalue weighted by atomic mass is 16.7. The van der Waals surface area contributed by atoms with Gasteiger partial charge in [-0.25, -0.2) is 4.79 Å². The monoisotopic (exact) mass is 404 g/mol. The average Bonchev–Trinajstić information content (AvgIpc) is 2.68. The van der Waals surface area contributed by atoms with Gasteiger partial charge in [0.1, 0.15) is 0 Å². The van der Waals surface area contributed by atoms with Crippen molar-refractivity contribution in [3.8, 4) is 0 Å². The zero-order valence-corrected chi connectivity index (χ0v) is 18.6. The molecule has 0 spiro atoms. The van der Waals surface area contributed by atoms with E-state index in [0.717, 1.165) is 25.7 Å². The predicted octanol–water partition coefficient (Wildman–Crippen LogP) is 3.84. The number of urea groups is 1. The first kappa shape index (κ1) is 27.1. The van der Waals surface area contributed by atoms with Crippen molar-refractivity contribution in [1.82, 2.24) is 5.32 Å². The van der Waals surface area contributed by atoms with Crippen molar-refractivity contribution < 1.29 is 23.7 Å². The molecule has 28 heavy (non-hydrogen) atoms. The number of nitrogens with one attached hydrogen (secondary N) is 1. The molecular weight excluding hydrogens is 360 g/mol. The van der Waals surface area contributed by atoms with Crippen LogP contribution in [0.1, 0.15) is 71.6 Å². The van der Waals surface area contributed by atoms with E-state index in [2.05, 4.69) is 19.2 Å². The molecule has 0 saturated carbocycles. The van der Waals surface area contributed by atoms with E-state index in [1.165, 1.54) is 32.1 Å². The van der Waals surface area contributed by atoms with Crippen LogP contribution in [-0.4, -0.2) is 59.0 Å². The third-order valence-corrected chi connectivity index (χ3v) is 5.08. The van der Waals surface area contributed by atoms with Gasteiger partial charge in [0.25, 0.3) is 0 Å². The molecule has 0 bridgehead atoms. The van der Waals surface area contributed by atoms with E-state index in [4.69, 9.17) is 24.7 Å². The predicted molar refractivity (Wildman–Crippen MR) is 112 cm³/mol. The molecule has 0 saturated heterocycles. The Morgan fingerprint density at radius 2 is 1.46 bits per heavy atom. The summed E-state index contributed by atoms with van der Waals surface area (Å²) < 4.78 is 22.8. The Kier molecular flexibility index (Phi) is 17.6. The molecule has 3 N–H and O–H groups in total. The van der Waals surface area contributed by atoms with Gasteiger partial charge in [-0.3, -0.25) is 0 Å². The van der Waals surface area contributed by atoms with Gasteiger partial charge in [-0.05, 0) is 19.3 Å². The smallest absolute Gasteiger partial charge is 0.312 e. The van der Waals surface area contributed by atoms with Gasteiger partial charge >= 0.3 is 6.03 Å². The number of nitrogens with two attached hydrogens (primary N) is 1. The van der Waals surface area contributed by atoms with E-state index in [0.29, 0.717) is 33.0 Å². The highest BCUT2D eigenvalue weighted by Crippen LogP contribution is 2.34. The van der Waals surface area contributed by atoms with Gasteiger partial charge in [0, 0.05) is 26.7 Å². The van der Waals surface area contributed by atoms with Crippen LogP contribution in [0.4, 0.5) is 4.79 Å². The lowest BCUT2D eigenvalue weighted by atomic mass is 9.87. The van der Waals surface area contributed by atoms with Gasteiger partial charge in [0.05, 0.1) is 26.4 Å². The molecule has 7 heteroatoms. The van der Waals surface area contributed by atoms with Crippen molar-refractivity contribution in [3.63, 3.8) is 0 Å². The van der Waals surface area contributed by atoms with Gasteiger partial charge < -0.3 is 30.0 Å². The Morgan fingerprint density at radius 1 is 0.893 bits per heavy atom. The molecule has 0 fully saturated rings. The topological polar surface area (TPSA) is 92.0 Å². The third kappa shape index (κ3) is 12.5. The quantitative estimate of drug-likeness (QED) is 0.238. The van der Waals surface area contributed by atoms with Gasteiger partial charge in [-0.1, -0.05) is 52.4 Å². The van der Waals surface area contributed by atoms with E-state index in [1.807, 2.05) is 0 Å². The molecule has 2 amide bonds. The van der Waals surface area contributed by atoms with Crippen molar-refractivity contribution in [2.75, 3.05) is 47.2 Å². The fraction of sp³-hybridized carbons (Fsp3) is 0.952. The number of methoxy groups -OCH3 is 2. The largest absolute Gasteiger partial charge is 0.382 e. The summed E-state index contributed by atoms with van der Waals surface area (Å²) in [5, 5.41) is 2.70. The van der Waals surface area contributed by atoms with Gasteiger partial charge in [0.2, 0.25) is 0 Å². The number of amides is 2. The normalized spacial score (nSPS) is 12.9. The maximum Gasteiger partial charge on any atom is 0.312 e. The number of carbonyl (C=O) groups is 1.